The monoisotopic (exact) mass is 527 g/mol. The summed E-state index contributed by atoms with van der Waals surface area (Å²) in [5.41, 5.74) is 1.93. The van der Waals surface area contributed by atoms with Gasteiger partial charge in [-0.3, -0.25) is 4.99 Å². The number of guanidine groups is 1. The quantitative estimate of drug-likeness (QED) is 0.336. The molecule has 6 nitrogen and oxygen atoms in total. The summed E-state index contributed by atoms with van der Waals surface area (Å²) in [6.45, 7) is 3.26. The molecular weight excluding hydrogens is 497 g/mol. The lowest BCUT2D eigenvalue weighted by molar-refractivity contribution is 0.222. The van der Waals surface area contributed by atoms with Crippen molar-refractivity contribution in [1.29, 1.82) is 0 Å². The van der Waals surface area contributed by atoms with E-state index in [-0.39, 0.29) is 30.0 Å². The van der Waals surface area contributed by atoms with Gasteiger partial charge in [-0.15, -0.1) is 35.3 Å². The second-order valence-corrected chi connectivity index (χ2v) is 8.01. The van der Waals surface area contributed by atoms with Gasteiger partial charge in [-0.25, -0.2) is 4.79 Å². The molecule has 158 valence electrons. The van der Waals surface area contributed by atoms with Crippen LogP contribution in [0.5, 0.6) is 0 Å². The van der Waals surface area contributed by atoms with Crippen LogP contribution < -0.4 is 10.6 Å². The van der Waals surface area contributed by atoms with Crippen molar-refractivity contribution in [3.8, 4) is 0 Å². The predicted molar refractivity (Wildman–Crippen MR) is 133 cm³/mol. The van der Waals surface area contributed by atoms with Crippen molar-refractivity contribution < 1.29 is 4.79 Å². The van der Waals surface area contributed by atoms with Gasteiger partial charge in [0.1, 0.15) is 0 Å². The zero-order valence-electron chi connectivity index (χ0n) is 17.1. The summed E-state index contributed by atoms with van der Waals surface area (Å²) in [4.78, 5) is 22.0. The lowest BCUT2D eigenvalue weighted by atomic mass is 10.2. The fourth-order valence-electron chi connectivity index (χ4n) is 3.29. The molecule has 29 heavy (non-hydrogen) atoms. The summed E-state index contributed by atoms with van der Waals surface area (Å²) >= 11 is 1.78. The van der Waals surface area contributed by atoms with Crippen LogP contribution in [0.4, 0.5) is 10.5 Å². The molecule has 1 aliphatic heterocycles. The molecule has 2 heterocycles. The van der Waals surface area contributed by atoms with E-state index in [9.17, 15) is 4.79 Å². The second-order valence-electron chi connectivity index (χ2n) is 6.98. The molecule has 0 spiro atoms. The third-order valence-electron chi connectivity index (χ3n) is 4.87. The fraction of sp³-hybridized carbons (Fsp3) is 0.429. The average Bonchev–Trinajstić information content (AvgIpc) is 3.41. The number of carbonyl (C=O) groups is 1. The molecule has 1 aromatic heterocycles. The summed E-state index contributed by atoms with van der Waals surface area (Å²) in [6.07, 6.45) is 3.19. The number of thiophene rings is 1. The van der Waals surface area contributed by atoms with Gasteiger partial charge in [0.15, 0.2) is 5.96 Å². The molecule has 3 rings (SSSR count). The van der Waals surface area contributed by atoms with Crippen LogP contribution in [0.25, 0.3) is 0 Å². The van der Waals surface area contributed by atoms with Gasteiger partial charge in [0.05, 0.1) is 0 Å². The Kier molecular flexibility index (Phi) is 9.72. The number of amides is 2. The first kappa shape index (κ1) is 23.5. The highest BCUT2D eigenvalue weighted by molar-refractivity contribution is 14.0. The highest BCUT2D eigenvalue weighted by atomic mass is 127. The zero-order valence-corrected chi connectivity index (χ0v) is 20.2. The number of benzene rings is 1. The van der Waals surface area contributed by atoms with Crippen LogP contribution in [0, 0.1) is 0 Å². The van der Waals surface area contributed by atoms with E-state index in [0.717, 1.165) is 56.1 Å². The Morgan fingerprint density at radius 1 is 1.24 bits per heavy atom. The van der Waals surface area contributed by atoms with E-state index in [0.29, 0.717) is 6.54 Å². The van der Waals surface area contributed by atoms with Gasteiger partial charge >= 0.3 is 6.03 Å². The Balaban J connectivity index is 0.00000300. The largest absolute Gasteiger partial charge is 0.352 e. The molecule has 0 unspecified atom stereocenters. The Morgan fingerprint density at radius 3 is 2.72 bits per heavy atom. The van der Waals surface area contributed by atoms with E-state index in [1.807, 2.05) is 23.1 Å². The third kappa shape index (κ3) is 7.18. The number of halogens is 1. The normalized spacial score (nSPS) is 13.7. The van der Waals surface area contributed by atoms with Crippen LogP contribution in [0.3, 0.4) is 0 Å². The molecule has 1 aliphatic rings. The van der Waals surface area contributed by atoms with Crippen LogP contribution in [-0.2, 0) is 13.0 Å². The molecule has 8 heteroatoms. The van der Waals surface area contributed by atoms with E-state index in [4.69, 9.17) is 0 Å². The van der Waals surface area contributed by atoms with Crippen LogP contribution in [0.1, 0.15) is 23.3 Å². The fourth-order valence-corrected chi connectivity index (χ4v) is 3.98. The number of likely N-dealkylation sites (tertiary alicyclic amines) is 1. The Labute approximate surface area is 194 Å². The van der Waals surface area contributed by atoms with Crippen molar-refractivity contribution in [2.24, 2.45) is 4.99 Å². The molecule has 2 aromatic rings. The van der Waals surface area contributed by atoms with Crippen LogP contribution in [0.15, 0.2) is 46.8 Å². The first-order valence-electron chi connectivity index (χ1n) is 9.75. The van der Waals surface area contributed by atoms with E-state index in [1.54, 1.807) is 18.4 Å². The molecule has 0 bridgehead atoms. The SMILES string of the molecule is CN=C(NCc1cccc(NC(=O)N2CCCC2)c1)N(C)CCc1cccs1.I. The van der Waals surface area contributed by atoms with Crippen molar-refractivity contribution in [2.75, 3.05) is 39.0 Å². The molecular formula is C21H30IN5OS. The van der Waals surface area contributed by atoms with Gasteiger partial charge in [0, 0.05) is 50.8 Å². The molecule has 0 saturated carbocycles. The minimum atomic E-state index is -0.00766. The Bertz CT molecular complexity index is 790. The topological polar surface area (TPSA) is 60.0 Å². The van der Waals surface area contributed by atoms with Gasteiger partial charge < -0.3 is 20.4 Å². The van der Waals surface area contributed by atoms with Gasteiger partial charge in [-0.1, -0.05) is 18.2 Å². The number of hydrogen-bond acceptors (Lipinski definition) is 3. The number of anilines is 1. The van der Waals surface area contributed by atoms with Crippen molar-refractivity contribution in [2.45, 2.75) is 25.8 Å². The predicted octanol–water partition coefficient (Wildman–Crippen LogP) is 4.24. The number of nitrogens with one attached hydrogen (secondary N) is 2. The minimum Gasteiger partial charge on any atom is -0.352 e. The average molecular weight is 527 g/mol. The molecule has 2 amide bonds. The number of likely N-dealkylation sites (N-methyl/N-ethyl adjacent to an activating group) is 1. The second kappa shape index (κ2) is 12.0. The summed E-state index contributed by atoms with van der Waals surface area (Å²) in [5.74, 6) is 0.864. The molecule has 0 atom stereocenters. The van der Waals surface area contributed by atoms with Crippen LogP contribution in [-0.4, -0.2) is 55.5 Å². The summed E-state index contributed by atoms with van der Waals surface area (Å²) in [7, 11) is 3.85. The standard InChI is InChI=1S/C21H29N5OS.HI/c1-22-20(25(2)13-10-19-9-6-14-28-19)23-16-17-7-5-8-18(15-17)24-21(27)26-11-3-4-12-26;/h5-9,14-15H,3-4,10-13,16H2,1-2H3,(H,22,23)(H,24,27);1H. The van der Waals surface area contributed by atoms with E-state index < -0.39 is 0 Å². The van der Waals surface area contributed by atoms with Gasteiger partial charge in [0.2, 0.25) is 0 Å². The maximum Gasteiger partial charge on any atom is 0.321 e. The number of aliphatic imine (C=N–C) groups is 1. The number of hydrogen-bond donors (Lipinski definition) is 2. The van der Waals surface area contributed by atoms with E-state index in [1.165, 1.54) is 4.88 Å². The number of rotatable bonds is 6. The van der Waals surface area contributed by atoms with Gasteiger partial charge in [-0.2, -0.15) is 0 Å². The lowest BCUT2D eigenvalue weighted by Gasteiger charge is -2.22. The number of nitrogens with zero attached hydrogens (tertiary/aromatic N) is 3. The van der Waals surface area contributed by atoms with E-state index in [2.05, 4.69) is 51.2 Å². The lowest BCUT2D eigenvalue weighted by Crippen LogP contribution is -2.39. The third-order valence-corrected chi connectivity index (χ3v) is 5.81. The maximum absolute atomic E-state index is 12.3. The summed E-state index contributed by atoms with van der Waals surface area (Å²) in [5, 5.41) is 8.52. The minimum absolute atomic E-state index is 0. The maximum atomic E-state index is 12.3. The van der Waals surface area contributed by atoms with E-state index >= 15 is 0 Å². The zero-order chi connectivity index (χ0) is 19.8. The van der Waals surface area contributed by atoms with Gasteiger partial charge in [0.25, 0.3) is 0 Å². The molecule has 2 N–H and O–H groups in total. The molecule has 1 aromatic carbocycles. The molecule has 1 fully saturated rings. The van der Waals surface area contributed by atoms with Crippen molar-refractivity contribution >= 4 is 53.0 Å². The first-order valence-corrected chi connectivity index (χ1v) is 10.6. The Hall–Kier alpha value is -1.81. The van der Waals surface area contributed by atoms with Gasteiger partial charge in [-0.05, 0) is 48.4 Å². The highest BCUT2D eigenvalue weighted by Crippen LogP contribution is 2.14. The van der Waals surface area contributed by atoms with Crippen LogP contribution in [0.2, 0.25) is 0 Å². The Morgan fingerprint density at radius 2 is 2.03 bits per heavy atom. The molecule has 0 radical (unpaired) electrons. The number of carbonyl (C=O) groups excluding carboxylic acids is 1. The molecule has 0 aliphatic carbocycles. The molecule has 1 saturated heterocycles. The van der Waals surface area contributed by atoms with Crippen molar-refractivity contribution in [3.05, 3.63) is 52.2 Å². The van der Waals surface area contributed by atoms with Crippen molar-refractivity contribution in [1.82, 2.24) is 15.1 Å². The first-order chi connectivity index (χ1) is 13.7. The van der Waals surface area contributed by atoms with Crippen LogP contribution >= 0.6 is 35.3 Å². The smallest absolute Gasteiger partial charge is 0.321 e. The summed E-state index contributed by atoms with van der Waals surface area (Å²) in [6, 6.07) is 12.2. The highest BCUT2D eigenvalue weighted by Gasteiger charge is 2.17. The number of urea groups is 1. The summed E-state index contributed by atoms with van der Waals surface area (Å²) < 4.78 is 0. The van der Waals surface area contributed by atoms with Crippen molar-refractivity contribution in [3.63, 3.8) is 0 Å².